The van der Waals surface area contributed by atoms with Gasteiger partial charge in [-0.15, -0.1) is 0 Å². The predicted octanol–water partition coefficient (Wildman–Crippen LogP) is 1.07. The number of rotatable bonds is 5. The fraction of sp³-hybridized carbons (Fsp3) is 1.00. The van der Waals surface area contributed by atoms with Gasteiger partial charge < -0.3 is 10.6 Å². The zero-order chi connectivity index (χ0) is 7.98. The Morgan fingerprint density at radius 3 is 2.50 bits per heavy atom. The third-order valence-corrected chi connectivity index (χ3v) is 2.06. The molecule has 1 atom stereocenters. The SMILES string of the molecule is CCC(C)N(C)CCCN. The minimum atomic E-state index is 0.701. The van der Waals surface area contributed by atoms with Gasteiger partial charge in [0.25, 0.3) is 0 Å². The van der Waals surface area contributed by atoms with E-state index in [1.165, 1.54) is 6.42 Å². The first-order chi connectivity index (χ1) is 4.72. The molecule has 0 aromatic carbocycles. The molecule has 0 aliphatic carbocycles. The molecular weight excluding hydrogens is 124 g/mol. The van der Waals surface area contributed by atoms with Crippen molar-refractivity contribution in [2.75, 3.05) is 20.1 Å². The molecule has 2 N–H and O–H groups in total. The summed E-state index contributed by atoms with van der Waals surface area (Å²) in [6, 6.07) is 0.701. The average Bonchev–Trinajstić information content (AvgIpc) is 1.98. The van der Waals surface area contributed by atoms with Gasteiger partial charge in [-0.2, -0.15) is 0 Å². The quantitative estimate of drug-likeness (QED) is 0.625. The fourth-order valence-corrected chi connectivity index (χ4v) is 0.873. The van der Waals surface area contributed by atoms with Crippen LogP contribution in [0.25, 0.3) is 0 Å². The molecule has 0 saturated heterocycles. The lowest BCUT2D eigenvalue weighted by Gasteiger charge is -2.22. The van der Waals surface area contributed by atoms with Gasteiger partial charge in [0, 0.05) is 6.04 Å². The van der Waals surface area contributed by atoms with Gasteiger partial charge in [-0.1, -0.05) is 6.92 Å². The van der Waals surface area contributed by atoms with E-state index in [9.17, 15) is 0 Å². The first-order valence-corrected chi connectivity index (χ1v) is 4.12. The highest BCUT2D eigenvalue weighted by Crippen LogP contribution is 1.99. The van der Waals surface area contributed by atoms with E-state index in [1.54, 1.807) is 0 Å². The van der Waals surface area contributed by atoms with Crippen molar-refractivity contribution < 1.29 is 0 Å². The first-order valence-electron chi connectivity index (χ1n) is 4.12. The maximum absolute atomic E-state index is 5.39. The molecule has 0 bridgehead atoms. The Morgan fingerprint density at radius 2 is 2.10 bits per heavy atom. The van der Waals surface area contributed by atoms with Crippen LogP contribution in [0.3, 0.4) is 0 Å². The van der Waals surface area contributed by atoms with E-state index in [0.717, 1.165) is 19.5 Å². The standard InChI is InChI=1S/C8H20N2/c1-4-8(2)10(3)7-5-6-9/h8H,4-7,9H2,1-3H3. The number of nitrogens with zero attached hydrogens (tertiary/aromatic N) is 1. The van der Waals surface area contributed by atoms with Crippen LogP contribution in [-0.4, -0.2) is 31.1 Å². The number of nitrogens with two attached hydrogens (primary N) is 1. The lowest BCUT2D eigenvalue weighted by atomic mass is 10.2. The largest absolute Gasteiger partial charge is 0.330 e. The van der Waals surface area contributed by atoms with Crippen molar-refractivity contribution in [2.45, 2.75) is 32.7 Å². The minimum absolute atomic E-state index is 0.701. The second-order valence-electron chi connectivity index (χ2n) is 2.88. The maximum atomic E-state index is 5.39. The lowest BCUT2D eigenvalue weighted by molar-refractivity contribution is 0.250. The molecule has 0 radical (unpaired) electrons. The van der Waals surface area contributed by atoms with E-state index in [1.807, 2.05) is 0 Å². The summed E-state index contributed by atoms with van der Waals surface area (Å²) in [7, 11) is 2.16. The molecule has 0 heterocycles. The smallest absolute Gasteiger partial charge is 0.00612 e. The second kappa shape index (κ2) is 5.69. The highest BCUT2D eigenvalue weighted by molar-refractivity contribution is 4.60. The molecule has 0 aromatic heterocycles. The van der Waals surface area contributed by atoms with Crippen molar-refractivity contribution in [2.24, 2.45) is 5.73 Å². The highest BCUT2D eigenvalue weighted by atomic mass is 15.1. The third kappa shape index (κ3) is 3.85. The van der Waals surface area contributed by atoms with Crippen molar-refractivity contribution in [3.05, 3.63) is 0 Å². The molecule has 0 aliphatic rings. The summed E-state index contributed by atoms with van der Waals surface area (Å²) in [5, 5.41) is 0. The molecule has 2 nitrogen and oxygen atoms in total. The second-order valence-corrected chi connectivity index (χ2v) is 2.88. The first kappa shape index (κ1) is 9.92. The summed E-state index contributed by atoms with van der Waals surface area (Å²) in [4.78, 5) is 2.35. The van der Waals surface area contributed by atoms with Gasteiger partial charge in [-0.05, 0) is 39.9 Å². The molecule has 0 amide bonds. The summed E-state index contributed by atoms with van der Waals surface area (Å²) in [5.41, 5.74) is 5.39. The van der Waals surface area contributed by atoms with Crippen LogP contribution in [0.4, 0.5) is 0 Å². The Balaban J connectivity index is 3.31. The van der Waals surface area contributed by atoms with E-state index in [2.05, 4.69) is 25.8 Å². The molecule has 0 aromatic rings. The van der Waals surface area contributed by atoms with Crippen LogP contribution in [0, 0.1) is 0 Å². The van der Waals surface area contributed by atoms with Gasteiger partial charge in [-0.3, -0.25) is 0 Å². The van der Waals surface area contributed by atoms with E-state index >= 15 is 0 Å². The Hall–Kier alpha value is -0.0800. The Morgan fingerprint density at radius 1 is 1.50 bits per heavy atom. The zero-order valence-electron chi connectivity index (χ0n) is 7.43. The maximum Gasteiger partial charge on any atom is 0.00612 e. The normalized spacial score (nSPS) is 14.1. The lowest BCUT2D eigenvalue weighted by Crippen LogP contribution is -2.30. The van der Waals surface area contributed by atoms with Gasteiger partial charge in [-0.25, -0.2) is 0 Å². The third-order valence-electron chi connectivity index (χ3n) is 2.06. The van der Waals surface area contributed by atoms with E-state index in [4.69, 9.17) is 5.73 Å². The van der Waals surface area contributed by atoms with Crippen molar-refractivity contribution >= 4 is 0 Å². The van der Waals surface area contributed by atoms with Crippen molar-refractivity contribution in [3.8, 4) is 0 Å². The zero-order valence-corrected chi connectivity index (χ0v) is 7.43. The van der Waals surface area contributed by atoms with Gasteiger partial charge in [0.05, 0.1) is 0 Å². The van der Waals surface area contributed by atoms with Crippen LogP contribution < -0.4 is 5.73 Å². The van der Waals surface area contributed by atoms with Crippen molar-refractivity contribution in [3.63, 3.8) is 0 Å². The molecule has 0 fully saturated rings. The molecule has 0 aliphatic heterocycles. The van der Waals surface area contributed by atoms with Crippen LogP contribution in [-0.2, 0) is 0 Å². The van der Waals surface area contributed by atoms with Crippen LogP contribution in [0.2, 0.25) is 0 Å². The molecule has 0 spiro atoms. The van der Waals surface area contributed by atoms with E-state index in [-0.39, 0.29) is 0 Å². The van der Waals surface area contributed by atoms with Crippen molar-refractivity contribution in [1.29, 1.82) is 0 Å². The summed E-state index contributed by atoms with van der Waals surface area (Å²) >= 11 is 0. The number of hydrogen-bond donors (Lipinski definition) is 1. The summed E-state index contributed by atoms with van der Waals surface area (Å²) < 4.78 is 0. The summed E-state index contributed by atoms with van der Waals surface area (Å²) in [6.07, 6.45) is 2.34. The van der Waals surface area contributed by atoms with Crippen molar-refractivity contribution in [1.82, 2.24) is 4.90 Å². The van der Waals surface area contributed by atoms with Gasteiger partial charge in [0.15, 0.2) is 0 Å². The highest BCUT2D eigenvalue weighted by Gasteiger charge is 2.03. The fourth-order valence-electron chi connectivity index (χ4n) is 0.873. The molecular formula is C8H20N2. The molecule has 10 heavy (non-hydrogen) atoms. The summed E-state index contributed by atoms with van der Waals surface area (Å²) in [5.74, 6) is 0. The minimum Gasteiger partial charge on any atom is -0.330 e. The average molecular weight is 144 g/mol. The predicted molar refractivity (Wildman–Crippen MR) is 46.1 cm³/mol. The Kier molecular flexibility index (Phi) is 5.64. The molecule has 2 heteroatoms. The molecule has 0 rings (SSSR count). The topological polar surface area (TPSA) is 29.3 Å². The van der Waals surface area contributed by atoms with E-state index in [0.29, 0.717) is 6.04 Å². The van der Waals surface area contributed by atoms with Crippen LogP contribution in [0.15, 0.2) is 0 Å². The molecule has 0 saturated carbocycles. The molecule has 1 unspecified atom stereocenters. The van der Waals surface area contributed by atoms with Crippen LogP contribution in [0.5, 0.6) is 0 Å². The Bertz CT molecular complexity index is 73.7. The summed E-state index contributed by atoms with van der Waals surface area (Å²) in [6.45, 7) is 6.40. The number of hydrogen-bond acceptors (Lipinski definition) is 2. The van der Waals surface area contributed by atoms with E-state index < -0.39 is 0 Å². The van der Waals surface area contributed by atoms with Crippen LogP contribution >= 0.6 is 0 Å². The van der Waals surface area contributed by atoms with Gasteiger partial charge in [0.2, 0.25) is 0 Å². The Labute approximate surface area is 64.4 Å². The molecule has 62 valence electrons. The van der Waals surface area contributed by atoms with Gasteiger partial charge >= 0.3 is 0 Å². The monoisotopic (exact) mass is 144 g/mol. The van der Waals surface area contributed by atoms with Gasteiger partial charge in [0.1, 0.15) is 0 Å². The van der Waals surface area contributed by atoms with Crippen LogP contribution in [0.1, 0.15) is 26.7 Å².